The largest absolute Gasteiger partial charge is 0.392 e. The van der Waals surface area contributed by atoms with E-state index in [-0.39, 0.29) is 19.1 Å². The van der Waals surface area contributed by atoms with Crippen LogP contribution in [-0.2, 0) is 22.7 Å². The Labute approximate surface area is 119 Å². The zero-order valence-electron chi connectivity index (χ0n) is 12.2. The third kappa shape index (κ3) is 4.92. The van der Waals surface area contributed by atoms with Gasteiger partial charge in [-0.15, -0.1) is 0 Å². The number of anilines is 1. The van der Waals surface area contributed by atoms with Crippen LogP contribution in [0, 0.1) is 5.92 Å². The van der Waals surface area contributed by atoms with Gasteiger partial charge in [-0.2, -0.15) is 0 Å². The van der Waals surface area contributed by atoms with Crippen molar-refractivity contribution in [3.63, 3.8) is 0 Å². The van der Waals surface area contributed by atoms with E-state index in [1.54, 1.807) is 25.1 Å². The van der Waals surface area contributed by atoms with Crippen LogP contribution < -0.4 is 5.32 Å². The van der Waals surface area contributed by atoms with Crippen molar-refractivity contribution in [1.29, 1.82) is 0 Å². The van der Waals surface area contributed by atoms with Gasteiger partial charge in [0.1, 0.15) is 6.10 Å². The fourth-order valence-corrected chi connectivity index (χ4v) is 1.66. The summed E-state index contributed by atoms with van der Waals surface area (Å²) in [5, 5.41) is 21.1. The van der Waals surface area contributed by atoms with E-state index in [1.165, 1.54) is 0 Å². The van der Waals surface area contributed by atoms with Gasteiger partial charge in [0.15, 0.2) is 0 Å². The Balaban J connectivity index is 2.66. The van der Waals surface area contributed by atoms with E-state index >= 15 is 0 Å². The normalized spacial score (nSPS) is 12.5. The van der Waals surface area contributed by atoms with Gasteiger partial charge in [0, 0.05) is 12.3 Å². The minimum atomic E-state index is -0.535. The van der Waals surface area contributed by atoms with Gasteiger partial charge in [-0.3, -0.25) is 4.79 Å². The molecule has 5 nitrogen and oxygen atoms in total. The zero-order valence-corrected chi connectivity index (χ0v) is 12.2. The maximum Gasteiger partial charge on any atom is 0.253 e. The third-order valence-electron chi connectivity index (χ3n) is 2.86. The van der Waals surface area contributed by atoms with Crippen LogP contribution in [0.3, 0.4) is 0 Å². The third-order valence-corrected chi connectivity index (χ3v) is 2.86. The van der Waals surface area contributed by atoms with Crippen LogP contribution >= 0.6 is 0 Å². The maximum absolute atomic E-state index is 11.9. The Bertz CT molecular complexity index is 445. The summed E-state index contributed by atoms with van der Waals surface area (Å²) in [5.74, 6) is 0.140. The number of rotatable bonds is 7. The molecule has 1 atom stereocenters. The van der Waals surface area contributed by atoms with Gasteiger partial charge < -0.3 is 20.3 Å². The van der Waals surface area contributed by atoms with E-state index in [0.717, 1.165) is 0 Å². The lowest BCUT2D eigenvalue weighted by molar-refractivity contribution is -0.126. The lowest BCUT2D eigenvalue weighted by Crippen LogP contribution is -2.29. The Morgan fingerprint density at radius 2 is 1.85 bits per heavy atom. The molecule has 20 heavy (non-hydrogen) atoms. The number of benzene rings is 1. The maximum atomic E-state index is 11.9. The van der Waals surface area contributed by atoms with Crippen LogP contribution in [0.1, 0.15) is 31.9 Å². The molecule has 0 radical (unpaired) electrons. The Kier molecular flexibility index (Phi) is 6.64. The minimum Gasteiger partial charge on any atom is -0.392 e. The first-order valence-electron chi connectivity index (χ1n) is 6.74. The van der Waals surface area contributed by atoms with Crippen LogP contribution in [0.25, 0.3) is 0 Å². The van der Waals surface area contributed by atoms with Gasteiger partial charge in [0.2, 0.25) is 0 Å². The lowest BCUT2D eigenvalue weighted by Gasteiger charge is -2.15. The van der Waals surface area contributed by atoms with Gasteiger partial charge in [-0.1, -0.05) is 19.9 Å². The van der Waals surface area contributed by atoms with E-state index in [1.807, 2.05) is 13.8 Å². The molecule has 0 heterocycles. The highest BCUT2D eigenvalue weighted by atomic mass is 16.5. The molecule has 112 valence electrons. The number of carbonyl (C=O) groups is 1. The molecule has 0 aliphatic heterocycles. The summed E-state index contributed by atoms with van der Waals surface area (Å²) in [7, 11) is 0. The standard InChI is InChI=1S/C15H23NO4/c1-10(2)9-20-11(3)15(19)16-14-5-4-12(7-17)13(6-14)8-18/h4-6,10-11,17-18H,7-9H2,1-3H3,(H,16,19). The summed E-state index contributed by atoms with van der Waals surface area (Å²) in [5.41, 5.74) is 1.83. The fourth-order valence-electron chi connectivity index (χ4n) is 1.66. The van der Waals surface area contributed by atoms with Gasteiger partial charge in [0.25, 0.3) is 5.91 Å². The van der Waals surface area contributed by atoms with Crippen LogP contribution in [0.15, 0.2) is 18.2 Å². The van der Waals surface area contributed by atoms with Gasteiger partial charge in [-0.25, -0.2) is 0 Å². The van der Waals surface area contributed by atoms with Crippen molar-refractivity contribution >= 4 is 11.6 Å². The minimum absolute atomic E-state index is 0.141. The molecule has 0 aromatic heterocycles. The van der Waals surface area contributed by atoms with Gasteiger partial charge in [0.05, 0.1) is 13.2 Å². The second kappa shape index (κ2) is 7.99. The summed E-state index contributed by atoms with van der Waals surface area (Å²) >= 11 is 0. The average Bonchev–Trinajstić information content (AvgIpc) is 2.44. The highest BCUT2D eigenvalue weighted by Crippen LogP contribution is 2.16. The molecular weight excluding hydrogens is 258 g/mol. The molecule has 0 aliphatic carbocycles. The molecule has 5 heteroatoms. The smallest absolute Gasteiger partial charge is 0.253 e. The summed E-state index contributed by atoms with van der Waals surface area (Å²) in [6, 6.07) is 5.03. The first kappa shape index (κ1) is 16.6. The predicted molar refractivity (Wildman–Crippen MR) is 77.2 cm³/mol. The van der Waals surface area contributed by atoms with Crippen LogP contribution in [-0.4, -0.2) is 28.8 Å². The zero-order chi connectivity index (χ0) is 15.1. The van der Waals surface area contributed by atoms with Crippen LogP contribution in [0.2, 0.25) is 0 Å². The summed E-state index contributed by atoms with van der Waals surface area (Å²) < 4.78 is 5.44. The number of aliphatic hydroxyl groups excluding tert-OH is 2. The number of ether oxygens (including phenoxy) is 1. The van der Waals surface area contributed by atoms with Crippen molar-refractivity contribution in [2.45, 2.75) is 40.1 Å². The molecule has 0 bridgehead atoms. The molecule has 0 aliphatic rings. The van der Waals surface area contributed by atoms with E-state index in [0.29, 0.717) is 29.3 Å². The highest BCUT2D eigenvalue weighted by molar-refractivity contribution is 5.94. The average molecular weight is 281 g/mol. The Morgan fingerprint density at radius 3 is 2.40 bits per heavy atom. The van der Waals surface area contributed by atoms with E-state index < -0.39 is 6.10 Å². The lowest BCUT2D eigenvalue weighted by atomic mass is 10.1. The highest BCUT2D eigenvalue weighted by Gasteiger charge is 2.14. The molecule has 1 amide bonds. The molecule has 1 unspecified atom stereocenters. The molecule has 1 aromatic carbocycles. The molecule has 3 N–H and O–H groups in total. The number of hydrogen-bond acceptors (Lipinski definition) is 4. The SMILES string of the molecule is CC(C)COC(C)C(=O)Nc1ccc(CO)c(CO)c1. The molecule has 0 spiro atoms. The van der Waals surface area contributed by atoms with Gasteiger partial charge in [-0.05, 0) is 36.1 Å². The summed E-state index contributed by atoms with van der Waals surface area (Å²) in [6.45, 7) is 5.95. The molecule has 1 rings (SSSR count). The number of nitrogens with one attached hydrogen (secondary N) is 1. The first-order valence-corrected chi connectivity index (χ1v) is 6.74. The van der Waals surface area contributed by atoms with Crippen LogP contribution in [0.4, 0.5) is 5.69 Å². The topological polar surface area (TPSA) is 78.8 Å². The molecule has 0 saturated carbocycles. The second-order valence-corrected chi connectivity index (χ2v) is 5.16. The second-order valence-electron chi connectivity index (χ2n) is 5.16. The monoisotopic (exact) mass is 281 g/mol. The quantitative estimate of drug-likeness (QED) is 0.710. The Hall–Kier alpha value is -1.43. The number of hydrogen-bond donors (Lipinski definition) is 3. The molecule has 1 aromatic rings. The number of carbonyl (C=O) groups excluding carboxylic acids is 1. The van der Waals surface area contributed by atoms with E-state index in [4.69, 9.17) is 9.84 Å². The van der Waals surface area contributed by atoms with Crippen molar-refractivity contribution in [3.8, 4) is 0 Å². The van der Waals surface area contributed by atoms with E-state index in [2.05, 4.69) is 5.32 Å². The van der Waals surface area contributed by atoms with Crippen molar-refractivity contribution in [2.24, 2.45) is 5.92 Å². The molecule has 0 saturated heterocycles. The fraction of sp³-hybridized carbons (Fsp3) is 0.533. The van der Waals surface area contributed by atoms with Crippen molar-refractivity contribution in [3.05, 3.63) is 29.3 Å². The summed E-state index contributed by atoms with van der Waals surface area (Å²) in [4.78, 5) is 11.9. The first-order chi connectivity index (χ1) is 9.47. The number of aliphatic hydroxyl groups is 2. The van der Waals surface area contributed by atoms with Gasteiger partial charge >= 0.3 is 0 Å². The van der Waals surface area contributed by atoms with Crippen LogP contribution in [0.5, 0.6) is 0 Å². The predicted octanol–water partition coefficient (Wildman–Crippen LogP) is 1.67. The van der Waals surface area contributed by atoms with Crippen molar-refractivity contribution in [1.82, 2.24) is 0 Å². The van der Waals surface area contributed by atoms with Crippen molar-refractivity contribution < 1.29 is 19.7 Å². The number of amides is 1. The Morgan fingerprint density at radius 1 is 1.20 bits per heavy atom. The summed E-state index contributed by atoms with van der Waals surface area (Å²) in [6.07, 6.45) is -0.535. The molecular formula is C15H23NO4. The molecule has 0 fully saturated rings. The van der Waals surface area contributed by atoms with Crippen molar-refractivity contribution in [2.75, 3.05) is 11.9 Å². The van der Waals surface area contributed by atoms with E-state index in [9.17, 15) is 9.90 Å².